The maximum Gasteiger partial charge on any atom is 0.338 e. The van der Waals surface area contributed by atoms with Gasteiger partial charge >= 0.3 is 5.97 Å². The van der Waals surface area contributed by atoms with Crippen LogP contribution in [-0.4, -0.2) is 28.4 Å². The van der Waals surface area contributed by atoms with Crippen LogP contribution in [0.15, 0.2) is 68.0 Å². The normalized spacial score (nSPS) is 15.7. The van der Waals surface area contributed by atoms with Crippen LogP contribution in [0.25, 0.3) is 6.08 Å². The van der Waals surface area contributed by atoms with Crippen molar-refractivity contribution in [2.75, 3.05) is 6.61 Å². The number of thiazole rings is 1. The quantitative estimate of drug-likeness (QED) is 0.462. The van der Waals surface area contributed by atoms with Crippen molar-refractivity contribution < 1.29 is 19.4 Å². The van der Waals surface area contributed by atoms with E-state index in [4.69, 9.17) is 9.47 Å². The van der Waals surface area contributed by atoms with E-state index in [1.54, 1.807) is 38.1 Å². The number of nitrogens with zero attached hydrogens (tertiary/aromatic N) is 2. The molecular formula is C26H25BrN2O5S. The highest BCUT2D eigenvalue weighted by Crippen LogP contribution is 2.32. The summed E-state index contributed by atoms with van der Waals surface area (Å²) in [5.41, 5.74) is 1.73. The lowest BCUT2D eigenvalue weighted by atomic mass is 9.96. The van der Waals surface area contributed by atoms with Crippen LogP contribution in [-0.2, 0) is 9.53 Å². The zero-order valence-corrected chi connectivity index (χ0v) is 22.1. The minimum absolute atomic E-state index is 0.0187. The summed E-state index contributed by atoms with van der Waals surface area (Å²) < 4.78 is 13.8. The largest absolute Gasteiger partial charge is 0.507 e. The lowest BCUT2D eigenvalue weighted by Gasteiger charge is -2.25. The maximum absolute atomic E-state index is 13.6. The summed E-state index contributed by atoms with van der Waals surface area (Å²) in [7, 11) is 0. The Hall–Kier alpha value is -3.17. The number of carbonyl (C=O) groups is 1. The summed E-state index contributed by atoms with van der Waals surface area (Å²) in [5.74, 6) is 0.236. The number of esters is 1. The van der Waals surface area contributed by atoms with Crippen LogP contribution < -0.4 is 19.6 Å². The van der Waals surface area contributed by atoms with E-state index >= 15 is 0 Å². The minimum Gasteiger partial charge on any atom is -0.507 e. The smallest absolute Gasteiger partial charge is 0.338 e. The number of hydrogen-bond donors (Lipinski definition) is 1. The second-order valence-electron chi connectivity index (χ2n) is 8.24. The van der Waals surface area contributed by atoms with Gasteiger partial charge in [-0.15, -0.1) is 0 Å². The second kappa shape index (κ2) is 10.2. The van der Waals surface area contributed by atoms with Gasteiger partial charge in [-0.05, 0) is 69.7 Å². The highest BCUT2D eigenvalue weighted by molar-refractivity contribution is 9.10. The van der Waals surface area contributed by atoms with E-state index in [2.05, 4.69) is 20.9 Å². The fourth-order valence-electron chi connectivity index (χ4n) is 3.89. The molecular weight excluding hydrogens is 532 g/mol. The molecule has 7 nitrogen and oxygen atoms in total. The van der Waals surface area contributed by atoms with E-state index in [9.17, 15) is 14.7 Å². The molecule has 182 valence electrons. The van der Waals surface area contributed by atoms with Crippen molar-refractivity contribution in [2.24, 2.45) is 4.99 Å². The van der Waals surface area contributed by atoms with Crippen molar-refractivity contribution in [3.05, 3.63) is 89.0 Å². The summed E-state index contributed by atoms with van der Waals surface area (Å²) in [6.07, 6.45) is 1.65. The van der Waals surface area contributed by atoms with Crippen LogP contribution in [0.1, 0.15) is 44.9 Å². The van der Waals surface area contributed by atoms with Crippen molar-refractivity contribution in [2.45, 2.75) is 39.8 Å². The van der Waals surface area contributed by atoms with Gasteiger partial charge in [-0.25, -0.2) is 9.79 Å². The van der Waals surface area contributed by atoms with Gasteiger partial charge in [-0.1, -0.05) is 39.4 Å². The molecule has 1 aliphatic rings. The Kier molecular flexibility index (Phi) is 7.28. The van der Waals surface area contributed by atoms with Crippen molar-refractivity contribution in [1.82, 2.24) is 4.57 Å². The topological polar surface area (TPSA) is 90.1 Å². The number of ether oxygens (including phenoxy) is 2. The number of allylic oxidation sites excluding steroid dienone is 1. The van der Waals surface area contributed by atoms with E-state index < -0.39 is 12.0 Å². The number of rotatable bonds is 6. The third kappa shape index (κ3) is 5.11. The molecule has 3 aromatic rings. The standard InChI is InChI=1S/C26H25BrN2O5S/c1-5-33-25(32)22-15(4)28-26-29(23(22)16-6-9-19(10-7-16)34-14(2)3)24(31)21(35-26)13-17-12-18(27)8-11-20(17)30/h6-14,23,30H,5H2,1-4H3/b21-13-/t23-/m1/s1. The first-order valence-corrected chi connectivity index (χ1v) is 12.7. The Labute approximate surface area is 214 Å². The molecule has 0 saturated carbocycles. The van der Waals surface area contributed by atoms with Gasteiger partial charge in [0.05, 0.1) is 34.6 Å². The molecule has 9 heteroatoms. The van der Waals surface area contributed by atoms with Gasteiger partial charge in [0.2, 0.25) is 0 Å². The molecule has 4 rings (SSSR count). The number of hydrogen-bond acceptors (Lipinski definition) is 7. The van der Waals surface area contributed by atoms with Crippen molar-refractivity contribution in [3.8, 4) is 11.5 Å². The predicted octanol–water partition coefficient (Wildman–Crippen LogP) is 4.05. The van der Waals surface area contributed by atoms with Crippen molar-refractivity contribution in [1.29, 1.82) is 0 Å². The molecule has 1 aliphatic heterocycles. The first-order chi connectivity index (χ1) is 16.7. The number of aromatic hydroxyl groups is 1. The minimum atomic E-state index is -0.711. The van der Waals surface area contributed by atoms with Crippen LogP contribution in [0.4, 0.5) is 0 Å². The summed E-state index contributed by atoms with van der Waals surface area (Å²) in [5, 5.41) is 10.3. The molecule has 2 heterocycles. The van der Waals surface area contributed by atoms with Crippen molar-refractivity contribution >= 4 is 39.3 Å². The average molecular weight is 557 g/mol. The first kappa shape index (κ1) is 24.9. The predicted molar refractivity (Wildman–Crippen MR) is 138 cm³/mol. The van der Waals surface area contributed by atoms with E-state index in [1.807, 2.05) is 38.1 Å². The Bertz CT molecular complexity index is 1490. The van der Waals surface area contributed by atoms with E-state index in [1.165, 1.54) is 15.9 Å². The third-order valence-corrected chi connectivity index (χ3v) is 6.84. The summed E-state index contributed by atoms with van der Waals surface area (Å²) >= 11 is 4.60. The molecule has 1 aromatic heterocycles. The summed E-state index contributed by atoms with van der Waals surface area (Å²) in [4.78, 5) is 31.7. The van der Waals surface area contributed by atoms with Gasteiger partial charge < -0.3 is 14.6 Å². The fourth-order valence-corrected chi connectivity index (χ4v) is 5.31. The third-order valence-electron chi connectivity index (χ3n) is 5.36. The molecule has 35 heavy (non-hydrogen) atoms. The Balaban J connectivity index is 1.92. The summed E-state index contributed by atoms with van der Waals surface area (Å²) in [6, 6.07) is 11.6. The lowest BCUT2D eigenvalue weighted by Crippen LogP contribution is -2.39. The molecule has 0 bridgehead atoms. The van der Waals surface area contributed by atoms with Gasteiger partial charge in [0, 0.05) is 10.0 Å². The van der Waals surface area contributed by atoms with Crippen molar-refractivity contribution in [3.63, 3.8) is 0 Å². The second-order valence-corrected chi connectivity index (χ2v) is 10.2. The average Bonchev–Trinajstić information content (AvgIpc) is 3.10. The zero-order valence-electron chi connectivity index (χ0n) is 19.7. The SMILES string of the molecule is CCOC(=O)C1=C(C)N=c2s/c(=C\c3cc(Br)ccc3O)c(=O)n2[C@@H]1c1ccc(OC(C)C)cc1. The van der Waals surface area contributed by atoms with Crippen LogP contribution in [0.5, 0.6) is 11.5 Å². The number of aromatic nitrogens is 1. The van der Waals surface area contributed by atoms with Gasteiger partial charge in [0.25, 0.3) is 5.56 Å². The van der Waals surface area contributed by atoms with Crippen LogP contribution in [0, 0.1) is 0 Å². The Morgan fingerprint density at radius 1 is 1.26 bits per heavy atom. The molecule has 0 amide bonds. The molecule has 1 N–H and O–H groups in total. The molecule has 0 fully saturated rings. The number of fused-ring (bicyclic) bond motifs is 1. The highest BCUT2D eigenvalue weighted by Gasteiger charge is 2.33. The van der Waals surface area contributed by atoms with Gasteiger partial charge in [0.1, 0.15) is 11.5 Å². The Morgan fingerprint density at radius 3 is 2.63 bits per heavy atom. The number of phenolic OH excluding ortho intramolecular Hbond substituents is 1. The number of benzene rings is 2. The van der Waals surface area contributed by atoms with Gasteiger partial charge in [0.15, 0.2) is 4.80 Å². The molecule has 0 spiro atoms. The van der Waals surface area contributed by atoms with Gasteiger partial charge in [-0.2, -0.15) is 0 Å². The maximum atomic E-state index is 13.6. The van der Waals surface area contributed by atoms with E-state index in [0.29, 0.717) is 31.9 Å². The lowest BCUT2D eigenvalue weighted by molar-refractivity contribution is -0.139. The number of carbonyl (C=O) groups excluding carboxylic acids is 1. The molecule has 2 aromatic carbocycles. The monoisotopic (exact) mass is 556 g/mol. The molecule has 0 unspecified atom stereocenters. The van der Waals surface area contributed by atoms with Gasteiger partial charge in [-0.3, -0.25) is 9.36 Å². The Morgan fingerprint density at radius 2 is 1.97 bits per heavy atom. The van der Waals surface area contributed by atoms with Crippen LogP contribution in [0.3, 0.4) is 0 Å². The van der Waals surface area contributed by atoms with Crippen LogP contribution >= 0.6 is 27.3 Å². The number of halogens is 1. The van der Waals surface area contributed by atoms with Crippen LogP contribution in [0.2, 0.25) is 0 Å². The highest BCUT2D eigenvalue weighted by atomic mass is 79.9. The molecule has 0 radical (unpaired) electrons. The molecule has 0 saturated heterocycles. The van der Waals surface area contributed by atoms with E-state index in [-0.39, 0.29) is 24.0 Å². The fraction of sp³-hybridized carbons (Fsp3) is 0.269. The van der Waals surface area contributed by atoms with E-state index in [0.717, 1.165) is 10.0 Å². The molecule has 0 aliphatic carbocycles. The number of phenols is 1. The first-order valence-electron chi connectivity index (χ1n) is 11.1. The molecule has 1 atom stereocenters. The zero-order chi connectivity index (χ0) is 25.3. The summed E-state index contributed by atoms with van der Waals surface area (Å²) in [6.45, 7) is 7.57.